The van der Waals surface area contributed by atoms with Crippen molar-refractivity contribution >= 4 is 39.3 Å². The zero-order valence-electron chi connectivity index (χ0n) is 24.4. The third-order valence-electron chi connectivity index (χ3n) is 9.40. The van der Waals surface area contributed by atoms with Crippen molar-refractivity contribution in [2.24, 2.45) is 0 Å². The number of piperidine rings is 1. The average molecular weight is 599 g/mol. The van der Waals surface area contributed by atoms with Crippen LogP contribution >= 0.6 is 11.6 Å². The number of halogens is 2. The highest BCUT2D eigenvalue weighted by atomic mass is 35.5. The number of nitrogens with zero attached hydrogens (tertiary/aromatic N) is 3. The van der Waals surface area contributed by atoms with Crippen LogP contribution in [0.15, 0.2) is 72.9 Å². The molecule has 7 rings (SSSR count). The Balaban J connectivity index is 1.000. The minimum Gasteiger partial charge on any atom is -0.497 e. The number of benzene rings is 3. The second-order valence-electron chi connectivity index (χ2n) is 11.9. The van der Waals surface area contributed by atoms with E-state index in [4.69, 9.17) is 16.3 Å². The van der Waals surface area contributed by atoms with Crippen molar-refractivity contribution in [2.75, 3.05) is 33.3 Å². The molecule has 43 heavy (non-hydrogen) atoms. The Kier molecular flexibility index (Phi) is 7.62. The van der Waals surface area contributed by atoms with Crippen LogP contribution in [-0.2, 0) is 0 Å². The van der Waals surface area contributed by atoms with Gasteiger partial charge < -0.3 is 24.1 Å². The van der Waals surface area contributed by atoms with E-state index >= 15 is 0 Å². The fourth-order valence-electron chi connectivity index (χ4n) is 7.08. The Labute approximate surface area is 256 Å². The molecule has 0 radical (unpaired) electrons. The molecule has 0 aliphatic carbocycles. The number of likely N-dealkylation sites (tertiary alicyclic amines) is 2. The first kappa shape index (κ1) is 28.0. The first-order valence-corrected chi connectivity index (χ1v) is 15.6. The number of ether oxygens (including phenoxy) is 1. The lowest BCUT2D eigenvalue weighted by molar-refractivity contribution is 0.0712. The molecule has 3 aromatic carbocycles. The molecule has 0 bridgehead atoms. The van der Waals surface area contributed by atoms with Gasteiger partial charge in [0, 0.05) is 52.3 Å². The number of carbonyl (C=O) groups excluding carboxylic acids is 1. The third-order valence-corrected chi connectivity index (χ3v) is 9.64. The molecule has 222 valence electrons. The highest BCUT2D eigenvalue weighted by Crippen LogP contribution is 2.37. The second-order valence-corrected chi connectivity index (χ2v) is 12.4. The Morgan fingerprint density at radius 2 is 1.81 bits per heavy atom. The minimum atomic E-state index is -0.236. The van der Waals surface area contributed by atoms with Crippen molar-refractivity contribution in [3.05, 3.63) is 95.0 Å². The highest BCUT2D eigenvalue weighted by molar-refractivity contribution is 6.31. The molecule has 0 spiro atoms. The van der Waals surface area contributed by atoms with E-state index in [1.54, 1.807) is 7.11 Å². The van der Waals surface area contributed by atoms with Crippen molar-refractivity contribution in [3.8, 4) is 11.4 Å². The minimum absolute atomic E-state index is 0.0904. The third kappa shape index (κ3) is 5.52. The predicted octanol–water partition coefficient (Wildman–Crippen LogP) is 7.79. The summed E-state index contributed by atoms with van der Waals surface area (Å²) in [6, 6.07) is 20.7. The van der Waals surface area contributed by atoms with Crippen LogP contribution in [0.1, 0.15) is 54.1 Å². The molecule has 4 heterocycles. The molecule has 2 fully saturated rings. The van der Waals surface area contributed by atoms with Gasteiger partial charge in [-0.25, -0.2) is 4.39 Å². The maximum Gasteiger partial charge on any atom is 0.270 e. The van der Waals surface area contributed by atoms with Crippen molar-refractivity contribution in [2.45, 2.75) is 44.1 Å². The molecule has 2 saturated heterocycles. The fourth-order valence-corrected chi connectivity index (χ4v) is 7.25. The van der Waals surface area contributed by atoms with Crippen molar-refractivity contribution < 1.29 is 13.9 Å². The predicted molar refractivity (Wildman–Crippen MR) is 170 cm³/mol. The summed E-state index contributed by atoms with van der Waals surface area (Å²) in [5.41, 5.74) is 4.94. The number of aromatic amines is 1. The van der Waals surface area contributed by atoms with Gasteiger partial charge in [-0.3, -0.25) is 4.79 Å². The normalized spacial score (nSPS) is 18.2. The molecule has 8 heteroatoms. The van der Waals surface area contributed by atoms with Gasteiger partial charge in [-0.05, 0) is 123 Å². The summed E-state index contributed by atoms with van der Waals surface area (Å²) in [5.74, 6) is 1.08. The number of carbonyl (C=O) groups is 1. The van der Waals surface area contributed by atoms with Gasteiger partial charge in [0.15, 0.2) is 0 Å². The van der Waals surface area contributed by atoms with Gasteiger partial charge in [-0.1, -0.05) is 11.6 Å². The van der Waals surface area contributed by atoms with Gasteiger partial charge in [-0.2, -0.15) is 0 Å². The number of amides is 1. The lowest BCUT2D eigenvalue weighted by atomic mass is 9.89. The monoisotopic (exact) mass is 598 g/mol. The van der Waals surface area contributed by atoms with Crippen LogP contribution in [0, 0.1) is 5.82 Å². The Hall–Kier alpha value is -3.81. The molecular formula is C35H36ClFN4O2. The zero-order chi connectivity index (χ0) is 29.5. The molecule has 6 nitrogen and oxygen atoms in total. The number of fused-ring (bicyclic) bond motifs is 2. The van der Waals surface area contributed by atoms with Crippen LogP contribution < -0.4 is 4.74 Å². The molecule has 5 aromatic rings. The number of H-pyrrole nitrogens is 1. The van der Waals surface area contributed by atoms with Gasteiger partial charge in [0.25, 0.3) is 5.91 Å². The highest BCUT2D eigenvalue weighted by Gasteiger charge is 2.31. The summed E-state index contributed by atoms with van der Waals surface area (Å²) >= 11 is 6.44. The van der Waals surface area contributed by atoms with E-state index in [1.165, 1.54) is 23.1 Å². The van der Waals surface area contributed by atoms with E-state index in [9.17, 15) is 9.18 Å². The van der Waals surface area contributed by atoms with Gasteiger partial charge in [0.1, 0.15) is 17.3 Å². The van der Waals surface area contributed by atoms with E-state index in [0.29, 0.717) is 11.6 Å². The smallest absolute Gasteiger partial charge is 0.270 e. The Bertz CT molecular complexity index is 1770. The van der Waals surface area contributed by atoms with Crippen molar-refractivity contribution in [1.82, 2.24) is 19.4 Å². The van der Waals surface area contributed by atoms with E-state index in [-0.39, 0.29) is 17.8 Å². The molecule has 2 aliphatic rings. The second kappa shape index (κ2) is 11.7. The first-order valence-electron chi connectivity index (χ1n) is 15.2. The molecule has 1 atom stereocenters. The first-order chi connectivity index (χ1) is 21.0. The molecule has 2 aromatic heterocycles. The molecular weight excluding hydrogens is 563 g/mol. The van der Waals surface area contributed by atoms with Crippen molar-refractivity contribution in [1.29, 1.82) is 0 Å². The van der Waals surface area contributed by atoms with E-state index in [1.807, 2.05) is 42.5 Å². The quantitative estimate of drug-likeness (QED) is 0.208. The molecule has 0 saturated carbocycles. The molecule has 0 unspecified atom stereocenters. The summed E-state index contributed by atoms with van der Waals surface area (Å²) in [4.78, 5) is 21.4. The number of hydrogen-bond acceptors (Lipinski definition) is 3. The summed E-state index contributed by atoms with van der Waals surface area (Å²) in [5, 5.41) is 2.89. The van der Waals surface area contributed by atoms with Crippen LogP contribution in [0.4, 0.5) is 4.39 Å². The number of rotatable bonds is 7. The Morgan fingerprint density at radius 3 is 2.60 bits per heavy atom. The molecule has 2 aliphatic heterocycles. The number of nitrogens with one attached hydrogen (secondary N) is 1. The molecule has 1 N–H and O–H groups in total. The number of aromatic nitrogens is 2. The van der Waals surface area contributed by atoms with Gasteiger partial charge in [-0.15, -0.1) is 0 Å². The standard InChI is InChI=1S/C35H36ClFN4O2/c1-43-29-9-10-32-24(19-29)20-33(38-32)35(42)40-15-2-3-27(40)14-18-39-16-12-23(13-17-39)31-22-41(28-7-5-26(37)6-8-28)34-11-4-25(36)21-30(31)34/h4-11,19-23,27,38H,2-3,12-18H2,1H3/t27-/m0/s1. The van der Waals surface area contributed by atoms with E-state index < -0.39 is 0 Å². The topological polar surface area (TPSA) is 53.5 Å². The van der Waals surface area contributed by atoms with Gasteiger partial charge in [0.2, 0.25) is 0 Å². The summed E-state index contributed by atoms with van der Waals surface area (Å²) in [7, 11) is 1.65. The van der Waals surface area contributed by atoms with Crippen LogP contribution in [0.3, 0.4) is 0 Å². The lowest BCUT2D eigenvalue weighted by Crippen LogP contribution is -2.40. The summed E-state index contributed by atoms with van der Waals surface area (Å²) < 4.78 is 21.1. The van der Waals surface area contributed by atoms with Crippen LogP contribution in [0.5, 0.6) is 5.75 Å². The largest absolute Gasteiger partial charge is 0.497 e. The fraction of sp³-hybridized carbons (Fsp3) is 0.343. The molecule has 1 amide bonds. The number of methoxy groups -OCH3 is 1. The Morgan fingerprint density at radius 1 is 1.00 bits per heavy atom. The van der Waals surface area contributed by atoms with Gasteiger partial charge >= 0.3 is 0 Å². The van der Waals surface area contributed by atoms with Crippen LogP contribution in [0.25, 0.3) is 27.5 Å². The maximum atomic E-state index is 13.6. The summed E-state index contributed by atoms with van der Waals surface area (Å²) in [6.45, 7) is 3.86. The zero-order valence-corrected chi connectivity index (χ0v) is 25.1. The number of hydrogen-bond donors (Lipinski definition) is 1. The van der Waals surface area contributed by atoms with Crippen LogP contribution in [0.2, 0.25) is 5.02 Å². The van der Waals surface area contributed by atoms with E-state index in [2.05, 4.69) is 37.7 Å². The van der Waals surface area contributed by atoms with Crippen LogP contribution in [-0.4, -0.2) is 64.6 Å². The lowest BCUT2D eigenvalue weighted by Gasteiger charge is -2.33. The van der Waals surface area contributed by atoms with E-state index in [0.717, 1.165) is 91.2 Å². The maximum absolute atomic E-state index is 13.6. The SMILES string of the molecule is COc1ccc2[nH]c(C(=O)N3CCC[C@H]3CCN3CCC(c4cn(-c5ccc(F)cc5)c5ccc(Cl)cc45)CC3)cc2c1. The average Bonchev–Trinajstić information content (AvgIpc) is 3.77. The van der Waals surface area contributed by atoms with Crippen molar-refractivity contribution in [3.63, 3.8) is 0 Å². The summed E-state index contributed by atoms with van der Waals surface area (Å²) in [6.07, 6.45) is 7.45. The van der Waals surface area contributed by atoms with Gasteiger partial charge in [0.05, 0.1) is 12.6 Å².